The molecule has 0 aliphatic carbocycles. The molecule has 0 saturated heterocycles. The molecule has 4 nitrogen and oxygen atoms in total. The Bertz CT molecular complexity index is 520. The standard InChI is InChI=1S/C8H6BrN3O/c1-5-10-7-3-2-6(9)4-12(7)8(13)11-5/h2-4H,1H3. The third-order valence-electron chi connectivity index (χ3n) is 1.63. The first-order valence-electron chi connectivity index (χ1n) is 3.69. The number of aromatic nitrogens is 3. The number of aryl methyl sites for hydroxylation is 1. The van der Waals surface area contributed by atoms with Crippen LogP contribution in [0.15, 0.2) is 27.6 Å². The number of hydrogen-bond acceptors (Lipinski definition) is 3. The number of rotatable bonds is 0. The Morgan fingerprint density at radius 2 is 2.15 bits per heavy atom. The van der Waals surface area contributed by atoms with Gasteiger partial charge in [0.25, 0.3) is 0 Å². The van der Waals surface area contributed by atoms with E-state index in [0.717, 1.165) is 4.47 Å². The summed E-state index contributed by atoms with van der Waals surface area (Å²) >= 11 is 3.27. The molecule has 2 heterocycles. The highest BCUT2D eigenvalue weighted by Gasteiger charge is 1.99. The minimum absolute atomic E-state index is 0.302. The summed E-state index contributed by atoms with van der Waals surface area (Å²) in [6.07, 6.45) is 1.65. The lowest BCUT2D eigenvalue weighted by Crippen LogP contribution is -2.19. The van der Waals surface area contributed by atoms with Crippen LogP contribution in [0, 0.1) is 6.92 Å². The minimum atomic E-state index is -0.302. The van der Waals surface area contributed by atoms with Gasteiger partial charge in [-0.25, -0.2) is 9.78 Å². The van der Waals surface area contributed by atoms with Crippen LogP contribution in [0.25, 0.3) is 5.65 Å². The molecule has 0 fully saturated rings. The molecule has 0 atom stereocenters. The van der Waals surface area contributed by atoms with E-state index in [4.69, 9.17) is 0 Å². The molecule has 0 unspecified atom stereocenters. The number of pyridine rings is 1. The Morgan fingerprint density at radius 1 is 1.38 bits per heavy atom. The van der Waals surface area contributed by atoms with Gasteiger partial charge in [-0.15, -0.1) is 0 Å². The summed E-state index contributed by atoms with van der Waals surface area (Å²) in [5.41, 5.74) is 0.310. The zero-order valence-electron chi connectivity index (χ0n) is 6.86. The van der Waals surface area contributed by atoms with Crippen molar-refractivity contribution >= 4 is 21.6 Å². The molecule has 0 aromatic carbocycles. The summed E-state index contributed by atoms with van der Waals surface area (Å²) in [6, 6.07) is 3.60. The average Bonchev–Trinajstić information content (AvgIpc) is 2.06. The van der Waals surface area contributed by atoms with Crippen molar-refractivity contribution < 1.29 is 0 Å². The summed E-state index contributed by atoms with van der Waals surface area (Å²) in [4.78, 5) is 19.2. The van der Waals surface area contributed by atoms with E-state index in [1.54, 1.807) is 19.2 Å². The second kappa shape index (κ2) is 2.92. The molecule has 0 amide bonds. The van der Waals surface area contributed by atoms with Crippen LogP contribution >= 0.6 is 15.9 Å². The van der Waals surface area contributed by atoms with Crippen molar-refractivity contribution in [1.29, 1.82) is 0 Å². The topological polar surface area (TPSA) is 47.3 Å². The van der Waals surface area contributed by atoms with Crippen molar-refractivity contribution in [3.8, 4) is 0 Å². The third kappa shape index (κ3) is 1.47. The average molecular weight is 240 g/mol. The van der Waals surface area contributed by atoms with E-state index >= 15 is 0 Å². The van der Waals surface area contributed by atoms with Crippen LogP contribution in [0.4, 0.5) is 0 Å². The Labute approximate surface area is 82.4 Å². The largest absolute Gasteiger partial charge is 0.355 e. The molecule has 2 aromatic heterocycles. The molecule has 2 aromatic rings. The highest BCUT2D eigenvalue weighted by atomic mass is 79.9. The first-order valence-corrected chi connectivity index (χ1v) is 4.49. The molecule has 5 heteroatoms. The van der Waals surface area contributed by atoms with E-state index in [0.29, 0.717) is 11.5 Å². The van der Waals surface area contributed by atoms with E-state index < -0.39 is 0 Å². The van der Waals surface area contributed by atoms with Crippen LogP contribution in [0.5, 0.6) is 0 Å². The fourth-order valence-corrected chi connectivity index (χ4v) is 1.43. The fourth-order valence-electron chi connectivity index (χ4n) is 1.09. The zero-order chi connectivity index (χ0) is 9.42. The quantitative estimate of drug-likeness (QED) is 0.694. The molecule has 0 spiro atoms. The second-order valence-corrected chi connectivity index (χ2v) is 3.54. The molecule has 0 saturated carbocycles. The maximum absolute atomic E-state index is 11.3. The van der Waals surface area contributed by atoms with Crippen molar-refractivity contribution in [3.05, 3.63) is 39.1 Å². The zero-order valence-corrected chi connectivity index (χ0v) is 8.45. The number of hydrogen-bond donors (Lipinski definition) is 0. The van der Waals surface area contributed by atoms with Gasteiger partial charge in [-0.1, -0.05) is 0 Å². The molecule has 66 valence electrons. The summed E-state index contributed by atoms with van der Waals surface area (Å²) in [7, 11) is 0. The highest BCUT2D eigenvalue weighted by molar-refractivity contribution is 9.10. The maximum Gasteiger partial charge on any atom is 0.355 e. The minimum Gasteiger partial charge on any atom is -0.250 e. The van der Waals surface area contributed by atoms with Gasteiger partial charge in [-0.2, -0.15) is 4.98 Å². The predicted molar refractivity (Wildman–Crippen MR) is 51.7 cm³/mol. The van der Waals surface area contributed by atoms with Crippen LogP contribution in [-0.2, 0) is 0 Å². The lowest BCUT2D eigenvalue weighted by atomic mass is 10.4. The van der Waals surface area contributed by atoms with E-state index in [9.17, 15) is 4.79 Å². The number of fused-ring (bicyclic) bond motifs is 1. The second-order valence-electron chi connectivity index (χ2n) is 2.63. The molecule has 0 aliphatic rings. The van der Waals surface area contributed by atoms with Gasteiger partial charge in [0, 0.05) is 10.7 Å². The molecule has 0 aliphatic heterocycles. The van der Waals surface area contributed by atoms with Gasteiger partial charge in [0.05, 0.1) is 0 Å². The van der Waals surface area contributed by atoms with Gasteiger partial charge in [-0.05, 0) is 35.0 Å². The van der Waals surface area contributed by atoms with Gasteiger partial charge >= 0.3 is 5.69 Å². The molecule has 0 N–H and O–H groups in total. The van der Waals surface area contributed by atoms with Crippen LogP contribution in [0.3, 0.4) is 0 Å². The van der Waals surface area contributed by atoms with Crippen LogP contribution in [-0.4, -0.2) is 14.4 Å². The summed E-state index contributed by atoms with van der Waals surface area (Å²) in [6.45, 7) is 1.70. The molecular formula is C8H6BrN3O. The lowest BCUT2D eigenvalue weighted by molar-refractivity contribution is 0.897. The number of halogens is 1. The third-order valence-corrected chi connectivity index (χ3v) is 2.10. The van der Waals surface area contributed by atoms with E-state index in [1.807, 2.05) is 6.07 Å². The number of nitrogens with zero attached hydrogens (tertiary/aromatic N) is 3. The van der Waals surface area contributed by atoms with Crippen molar-refractivity contribution in [2.45, 2.75) is 6.92 Å². The molecule has 13 heavy (non-hydrogen) atoms. The normalized spacial score (nSPS) is 10.6. The highest BCUT2D eigenvalue weighted by Crippen LogP contribution is 2.08. The molecule has 0 radical (unpaired) electrons. The molecular weight excluding hydrogens is 234 g/mol. The van der Waals surface area contributed by atoms with E-state index in [-0.39, 0.29) is 5.69 Å². The van der Waals surface area contributed by atoms with Crippen molar-refractivity contribution in [2.75, 3.05) is 0 Å². The SMILES string of the molecule is Cc1nc(=O)n2cc(Br)ccc2n1. The monoisotopic (exact) mass is 239 g/mol. The van der Waals surface area contributed by atoms with Crippen molar-refractivity contribution in [2.24, 2.45) is 0 Å². The predicted octanol–water partition coefficient (Wildman–Crippen LogP) is 1.16. The van der Waals surface area contributed by atoms with E-state index in [1.165, 1.54) is 4.40 Å². The van der Waals surface area contributed by atoms with Crippen LogP contribution in [0.1, 0.15) is 5.82 Å². The Kier molecular flexibility index (Phi) is 1.88. The first-order chi connectivity index (χ1) is 6.16. The van der Waals surface area contributed by atoms with Gasteiger partial charge in [-0.3, -0.25) is 4.40 Å². The van der Waals surface area contributed by atoms with E-state index in [2.05, 4.69) is 25.9 Å². The van der Waals surface area contributed by atoms with Gasteiger partial charge in [0.15, 0.2) is 0 Å². The van der Waals surface area contributed by atoms with Gasteiger partial charge < -0.3 is 0 Å². The van der Waals surface area contributed by atoms with Crippen LogP contribution in [0.2, 0.25) is 0 Å². The Balaban J connectivity index is 2.95. The van der Waals surface area contributed by atoms with Crippen molar-refractivity contribution in [3.63, 3.8) is 0 Å². The maximum atomic E-state index is 11.3. The van der Waals surface area contributed by atoms with Gasteiger partial charge in [0.2, 0.25) is 0 Å². The lowest BCUT2D eigenvalue weighted by Gasteiger charge is -1.99. The molecule has 0 bridgehead atoms. The fraction of sp³-hybridized carbons (Fsp3) is 0.125. The Hall–Kier alpha value is -1.23. The van der Waals surface area contributed by atoms with Crippen molar-refractivity contribution in [1.82, 2.24) is 14.4 Å². The Morgan fingerprint density at radius 3 is 2.92 bits per heavy atom. The van der Waals surface area contributed by atoms with Gasteiger partial charge in [0.1, 0.15) is 11.5 Å². The summed E-state index contributed by atoms with van der Waals surface area (Å²) < 4.78 is 2.23. The molecule has 2 rings (SSSR count). The smallest absolute Gasteiger partial charge is 0.250 e. The summed E-state index contributed by atoms with van der Waals surface area (Å²) in [5, 5.41) is 0. The summed E-state index contributed by atoms with van der Waals surface area (Å²) in [5.74, 6) is 0.493. The first kappa shape index (κ1) is 8.37. The van der Waals surface area contributed by atoms with Crippen LogP contribution < -0.4 is 5.69 Å².